The summed E-state index contributed by atoms with van der Waals surface area (Å²) in [6.07, 6.45) is 0.882. The lowest BCUT2D eigenvalue weighted by Gasteiger charge is -2.10. The van der Waals surface area contributed by atoms with Crippen molar-refractivity contribution in [2.24, 2.45) is 0 Å². The molecule has 0 atom stereocenters. The van der Waals surface area contributed by atoms with E-state index in [0.717, 1.165) is 11.3 Å². The molecule has 0 aromatic heterocycles. The summed E-state index contributed by atoms with van der Waals surface area (Å²) in [4.78, 5) is 24.3. The molecule has 7 heteroatoms. The van der Waals surface area contributed by atoms with Crippen molar-refractivity contribution in [3.8, 4) is 17.2 Å². The zero-order chi connectivity index (χ0) is 19.8. The van der Waals surface area contributed by atoms with Gasteiger partial charge in [0.2, 0.25) is 12.7 Å². The van der Waals surface area contributed by atoms with Crippen LogP contribution in [0.2, 0.25) is 0 Å². The van der Waals surface area contributed by atoms with E-state index in [1.165, 1.54) is 0 Å². The molecular formula is C21H24N2O5. The first kappa shape index (κ1) is 19.5. The van der Waals surface area contributed by atoms with Crippen LogP contribution in [0.15, 0.2) is 42.5 Å². The Labute approximate surface area is 164 Å². The van der Waals surface area contributed by atoms with Gasteiger partial charge in [-0.3, -0.25) is 9.59 Å². The van der Waals surface area contributed by atoms with Gasteiger partial charge in [-0.1, -0.05) is 18.2 Å². The van der Waals surface area contributed by atoms with Crippen LogP contribution in [0.25, 0.3) is 0 Å². The van der Waals surface area contributed by atoms with Crippen molar-refractivity contribution in [1.82, 2.24) is 10.6 Å². The minimum atomic E-state index is -0.204. The third-order valence-electron chi connectivity index (χ3n) is 4.22. The van der Waals surface area contributed by atoms with E-state index in [1.54, 1.807) is 18.2 Å². The Morgan fingerprint density at radius 3 is 2.75 bits per heavy atom. The Hall–Kier alpha value is -3.22. The second kappa shape index (κ2) is 9.64. The van der Waals surface area contributed by atoms with Crippen LogP contribution in [0.3, 0.4) is 0 Å². The summed E-state index contributed by atoms with van der Waals surface area (Å²) in [7, 11) is 0. The van der Waals surface area contributed by atoms with E-state index in [4.69, 9.17) is 14.2 Å². The van der Waals surface area contributed by atoms with Crippen LogP contribution in [0.1, 0.15) is 35.7 Å². The highest BCUT2D eigenvalue weighted by atomic mass is 16.7. The molecule has 1 heterocycles. The van der Waals surface area contributed by atoms with Crippen molar-refractivity contribution in [1.29, 1.82) is 0 Å². The fraction of sp³-hybridized carbons (Fsp3) is 0.333. The first-order valence-corrected chi connectivity index (χ1v) is 9.32. The van der Waals surface area contributed by atoms with Gasteiger partial charge >= 0.3 is 0 Å². The summed E-state index contributed by atoms with van der Waals surface area (Å²) in [6.45, 7) is 3.43. The monoisotopic (exact) mass is 384 g/mol. The van der Waals surface area contributed by atoms with Gasteiger partial charge in [-0.2, -0.15) is 0 Å². The van der Waals surface area contributed by atoms with Crippen LogP contribution in [-0.4, -0.2) is 31.8 Å². The van der Waals surface area contributed by atoms with Crippen molar-refractivity contribution in [3.63, 3.8) is 0 Å². The van der Waals surface area contributed by atoms with Gasteiger partial charge in [0, 0.05) is 19.5 Å². The average molecular weight is 384 g/mol. The van der Waals surface area contributed by atoms with Crippen molar-refractivity contribution in [2.75, 3.05) is 19.9 Å². The number of amides is 2. The maximum atomic E-state index is 12.3. The summed E-state index contributed by atoms with van der Waals surface area (Å²) in [6, 6.07) is 12.7. The summed E-state index contributed by atoms with van der Waals surface area (Å²) >= 11 is 0. The van der Waals surface area contributed by atoms with E-state index in [9.17, 15) is 9.59 Å². The number of ether oxygens (including phenoxy) is 3. The zero-order valence-corrected chi connectivity index (χ0v) is 15.8. The maximum absolute atomic E-state index is 12.3. The molecule has 7 nitrogen and oxygen atoms in total. The number of nitrogens with one attached hydrogen (secondary N) is 2. The molecule has 0 unspecified atom stereocenters. The highest BCUT2D eigenvalue weighted by Crippen LogP contribution is 2.32. The van der Waals surface area contributed by atoms with Gasteiger partial charge in [0.25, 0.3) is 5.91 Å². The molecule has 148 valence electrons. The Kier molecular flexibility index (Phi) is 6.73. The van der Waals surface area contributed by atoms with Gasteiger partial charge in [0.15, 0.2) is 11.5 Å². The molecule has 0 saturated carbocycles. The van der Waals surface area contributed by atoms with Crippen molar-refractivity contribution < 1.29 is 23.8 Å². The Morgan fingerprint density at radius 2 is 1.89 bits per heavy atom. The topological polar surface area (TPSA) is 85.9 Å². The minimum absolute atomic E-state index is 0.0679. The van der Waals surface area contributed by atoms with Gasteiger partial charge < -0.3 is 24.8 Å². The average Bonchev–Trinajstić information content (AvgIpc) is 3.18. The number of fused-ring (bicyclic) bond motifs is 1. The maximum Gasteiger partial charge on any atom is 0.255 e. The number of carbonyl (C=O) groups excluding carboxylic acids is 2. The van der Waals surface area contributed by atoms with Crippen molar-refractivity contribution in [2.45, 2.75) is 26.3 Å². The third kappa shape index (κ3) is 5.16. The number of hydrogen-bond donors (Lipinski definition) is 2. The summed E-state index contributed by atoms with van der Waals surface area (Å²) in [5, 5.41) is 5.69. The Balaban J connectivity index is 1.37. The standard InChI is InChI=1S/C21H24N2O5/c1-2-26-17-7-4-3-6-16(17)21(25)22-11-5-8-20(24)23-13-15-9-10-18-19(12-15)28-14-27-18/h3-4,6-7,9-10,12H,2,5,8,11,13-14H2,1H3,(H,22,25)(H,23,24). The summed E-state index contributed by atoms with van der Waals surface area (Å²) in [5.74, 6) is 1.70. The van der Waals surface area contributed by atoms with Crippen LogP contribution in [0, 0.1) is 0 Å². The Bertz CT molecular complexity index is 837. The number of hydrogen-bond acceptors (Lipinski definition) is 5. The predicted molar refractivity (Wildman–Crippen MR) is 104 cm³/mol. The predicted octanol–water partition coefficient (Wildman–Crippen LogP) is 2.64. The first-order chi connectivity index (χ1) is 13.7. The molecular weight excluding hydrogens is 360 g/mol. The SMILES string of the molecule is CCOc1ccccc1C(=O)NCCCC(=O)NCc1ccc2c(c1)OCO2. The number of carbonyl (C=O) groups is 2. The fourth-order valence-corrected chi connectivity index (χ4v) is 2.82. The van der Waals surface area contributed by atoms with E-state index < -0.39 is 0 Å². The smallest absolute Gasteiger partial charge is 0.255 e. The van der Waals surface area contributed by atoms with E-state index >= 15 is 0 Å². The molecule has 2 N–H and O–H groups in total. The van der Waals surface area contributed by atoms with Gasteiger partial charge in [-0.25, -0.2) is 0 Å². The van der Waals surface area contributed by atoms with Crippen LogP contribution in [0.5, 0.6) is 17.2 Å². The van der Waals surface area contributed by atoms with Crippen molar-refractivity contribution in [3.05, 3.63) is 53.6 Å². The second-order valence-corrected chi connectivity index (χ2v) is 6.25. The highest BCUT2D eigenvalue weighted by Gasteiger charge is 2.14. The van der Waals surface area contributed by atoms with Crippen molar-refractivity contribution >= 4 is 11.8 Å². The molecule has 2 aromatic carbocycles. The number of rotatable bonds is 9. The largest absolute Gasteiger partial charge is 0.493 e. The van der Waals surface area contributed by atoms with Crippen LogP contribution < -0.4 is 24.8 Å². The van der Waals surface area contributed by atoms with E-state index in [0.29, 0.717) is 49.6 Å². The Morgan fingerprint density at radius 1 is 1.07 bits per heavy atom. The van der Waals surface area contributed by atoms with Gasteiger partial charge in [-0.15, -0.1) is 0 Å². The normalized spacial score (nSPS) is 11.8. The molecule has 2 amide bonds. The second-order valence-electron chi connectivity index (χ2n) is 6.25. The molecule has 28 heavy (non-hydrogen) atoms. The molecule has 0 radical (unpaired) electrons. The van der Waals surface area contributed by atoms with Crippen LogP contribution >= 0.6 is 0 Å². The quantitative estimate of drug-likeness (QED) is 0.649. The molecule has 3 rings (SSSR count). The van der Waals surface area contributed by atoms with Gasteiger partial charge in [0.1, 0.15) is 5.75 Å². The first-order valence-electron chi connectivity index (χ1n) is 9.32. The van der Waals surface area contributed by atoms with Gasteiger partial charge in [-0.05, 0) is 43.2 Å². The molecule has 2 aromatic rings. The highest BCUT2D eigenvalue weighted by molar-refractivity contribution is 5.96. The molecule has 1 aliphatic rings. The van der Waals surface area contributed by atoms with Crippen LogP contribution in [-0.2, 0) is 11.3 Å². The third-order valence-corrected chi connectivity index (χ3v) is 4.22. The lowest BCUT2D eigenvalue weighted by Crippen LogP contribution is -2.27. The fourth-order valence-electron chi connectivity index (χ4n) is 2.82. The molecule has 0 spiro atoms. The molecule has 1 aliphatic heterocycles. The van der Waals surface area contributed by atoms with E-state index in [1.807, 2.05) is 31.2 Å². The van der Waals surface area contributed by atoms with Crippen LogP contribution in [0.4, 0.5) is 0 Å². The molecule has 0 aliphatic carbocycles. The zero-order valence-electron chi connectivity index (χ0n) is 15.8. The molecule has 0 bridgehead atoms. The lowest BCUT2D eigenvalue weighted by atomic mass is 10.2. The van der Waals surface area contributed by atoms with Gasteiger partial charge in [0.05, 0.1) is 12.2 Å². The lowest BCUT2D eigenvalue weighted by molar-refractivity contribution is -0.121. The minimum Gasteiger partial charge on any atom is -0.493 e. The number of para-hydroxylation sites is 1. The molecule has 0 saturated heterocycles. The summed E-state index contributed by atoms with van der Waals surface area (Å²) < 4.78 is 16.1. The number of benzene rings is 2. The molecule has 0 fully saturated rings. The van der Waals surface area contributed by atoms with E-state index in [-0.39, 0.29) is 18.6 Å². The summed E-state index contributed by atoms with van der Waals surface area (Å²) in [5.41, 5.74) is 1.44. The van der Waals surface area contributed by atoms with E-state index in [2.05, 4.69) is 10.6 Å².